The first kappa shape index (κ1) is 17.4. The molecule has 94 valence electrons. The third kappa shape index (κ3) is 8.48. The van der Waals surface area contributed by atoms with E-state index in [1.54, 1.807) is 12.1 Å². The second-order valence-corrected chi connectivity index (χ2v) is 4.85. The molecule has 0 aliphatic carbocycles. The van der Waals surface area contributed by atoms with Crippen LogP contribution in [-0.4, -0.2) is 31.4 Å². The van der Waals surface area contributed by atoms with Crippen molar-refractivity contribution in [3.05, 3.63) is 35.9 Å². The first-order valence-electron chi connectivity index (χ1n) is 4.87. The van der Waals surface area contributed by atoms with Crippen LogP contribution < -0.4 is 34.9 Å². The zero-order valence-electron chi connectivity index (χ0n) is 10.00. The maximum Gasteiger partial charge on any atom is 1.00 e. The van der Waals surface area contributed by atoms with Gasteiger partial charge < -0.3 is 10.1 Å². The molecule has 0 saturated carbocycles. The molecule has 0 saturated heterocycles. The van der Waals surface area contributed by atoms with E-state index in [1.165, 1.54) is 0 Å². The zero-order valence-corrected chi connectivity index (χ0v) is 12.8. The molecule has 0 radical (unpaired) electrons. The molecule has 1 aromatic rings. The smallest absolute Gasteiger partial charge is 0.445 e. The van der Waals surface area contributed by atoms with Crippen LogP contribution >= 0.6 is 0 Å². The molecule has 6 nitrogen and oxygen atoms in total. The van der Waals surface area contributed by atoms with Crippen molar-refractivity contribution in [2.45, 2.75) is 6.61 Å². The molecular formula is C10H13NNaO5S+. The third-order valence-corrected chi connectivity index (χ3v) is 2.56. The van der Waals surface area contributed by atoms with Crippen molar-refractivity contribution in [3.8, 4) is 0 Å². The van der Waals surface area contributed by atoms with Crippen molar-refractivity contribution in [1.29, 1.82) is 0 Å². The van der Waals surface area contributed by atoms with Crippen LogP contribution in [0.5, 0.6) is 0 Å². The topological polar surface area (TPSA) is 92.7 Å². The summed E-state index contributed by atoms with van der Waals surface area (Å²) in [6.07, 6.45) is -0.725. The molecule has 0 aromatic heterocycles. The Bertz CT molecular complexity index is 462. The Morgan fingerprint density at radius 2 is 1.89 bits per heavy atom. The molecule has 0 unspecified atom stereocenters. The van der Waals surface area contributed by atoms with Crippen LogP contribution in [0.3, 0.4) is 0 Å². The van der Waals surface area contributed by atoms with Crippen LogP contribution in [0.1, 0.15) is 5.56 Å². The van der Waals surface area contributed by atoms with Crippen LogP contribution in [0, 0.1) is 0 Å². The predicted octanol–water partition coefficient (Wildman–Crippen LogP) is -2.20. The van der Waals surface area contributed by atoms with Gasteiger partial charge in [0, 0.05) is 6.54 Å². The SMILES string of the molecule is O=C(NCCS(=O)(=O)O)OCc1ccccc1.[Na+]. The Hall–Kier alpha value is -0.600. The van der Waals surface area contributed by atoms with E-state index in [1.807, 2.05) is 18.2 Å². The van der Waals surface area contributed by atoms with Gasteiger partial charge in [-0.2, -0.15) is 8.42 Å². The summed E-state index contributed by atoms with van der Waals surface area (Å²) in [6.45, 7) is -0.0784. The van der Waals surface area contributed by atoms with Gasteiger partial charge in [-0.1, -0.05) is 30.3 Å². The molecule has 0 atom stereocenters. The van der Waals surface area contributed by atoms with E-state index in [9.17, 15) is 13.2 Å². The third-order valence-electron chi connectivity index (χ3n) is 1.84. The van der Waals surface area contributed by atoms with E-state index in [-0.39, 0.29) is 42.7 Å². The van der Waals surface area contributed by atoms with Crippen LogP contribution in [-0.2, 0) is 21.5 Å². The summed E-state index contributed by atoms with van der Waals surface area (Å²) < 4.78 is 33.9. The van der Waals surface area contributed by atoms with Crippen LogP contribution in [0.2, 0.25) is 0 Å². The molecule has 2 N–H and O–H groups in total. The van der Waals surface area contributed by atoms with Crippen molar-refractivity contribution in [3.63, 3.8) is 0 Å². The summed E-state index contributed by atoms with van der Waals surface area (Å²) >= 11 is 0. The normalized spacial score (nSPS) is 10.3. The predicted molar refractivity (Wildman–Crippen MR) is 61.0 cm³/mol. The van der Waals surface area contributed by atoms with Gasteiger partial charge in [-0.25, -0.2) is 4.79 Å². The molecule has 1 amide bonds. The van der Waals surface area contributed by atoms with Crippen LogP contribution in [0.25, 0.3) is 0 Å². The number of carbonyl (C=O) groups excluding carboxylic acids is 1. The van der Waals surface area contributed by atoms with Gasteiger partial charge in [0.15, 0.2) is 0 Å². The summed E-state index contributed by atoms with van der Waals surface area (Å²) in [5, 5.41) is 2.21. The fourth-order valence-electron chi connectivity index (χ4n) is 1.06. The average molecular weight is 282 g/mol. The Labute approximate surface area is 128 Å². The van der Waals surface area contributed by atoms with Gasteiger partial charge in [0.1, 0.15) is 6.61 Å². The van der Waals surface area contributed by atoms with Crippen molar-refractivity contribution in [2.75, 3.05) is 12.3 Å². The Morgan fingerprint density at radius 1 is 1.28 bits per heavy atom. The van der Waals surface area contributed by atoms with Gasteiger partial charge in [-0.15, -0.1) is 0 Å². The van der Waals surface area contributed by atoms with Gasteiger partial charge in [-0.3, -0.25) is 4.55 Å². The Balaban J connectivity index is 0.00000289. The van der Waals surface area contributed by atoms with Gasteiger partial charge in [0.05, 0.1) is 5.75 Å². The molecule has 1 aromatic carbocycles. The second-order valence-electron chi connectivity index (χ2n) is 3.27. The molecule has 0 heterocycles. The first-order valence-corrected chi connectivity index (χ1v) is 6.48. The van der Waals surface area contributed by atoms with Gasteiger partial charge >= 0.3 is 35.7 Å². The number of carbonyl (C=O) groups is 1. The fourth-order valence-corrected chi connectivity index (χ4v) is 1.42. The van der Waals surface area contributed by atoms with Gasteiger partial charge in [-0.05, 0) is 5.56 Å². The number of rotatable bonds is 5. The van der Waals surface area contributed by atoms with Crippen molar-refractivity contribution < 1.29 is 52.1 Å². The van der Waals surface area contributed by atoms with E-state index in [0.717, 1.165) is 5.56 Å². The maximum atomic E-state index is 11.1. The Kier molecular flexibility index (Phi) is 8.21. The number of nitrogens with one attached hydrogen (secondary N) is 1. The molecule has 0 aliphatic rings. The maximum absolute atomic E-state index is 11.1. The van der Waals surface area contributed by atoms with E-state index in [0.29, 0.717) is 0 Å². The summed E-state index contributed by atoms with van der Waals surface area (Å²) in [5.74, 6) is -0.534. The van der Waals surface area contributed by atoms with Crippen LogP contribution in [0.15, 0.2) is 30.3 Å². The van der Waals surface area contributed by atoms with Gasteiger partial charge in [0.2, 0.25) is 0 Å². The number of ether oxygens (including phenoxy) is 1. The second kappa shape index (κ2) is 8.49. The van der Waals surface area contributed by atoms with Crippen molar-refractivity contribution >= 4 is 16.2 Å². The molecule has 0 bridgehead atoms. The van der Waals surface area contributed by atoms with Crippen LogP contribution in [0.4, 0.5) is 4.79 Å². The monoisotopic (exact) mass is 282 g/mol. The van der Waals surface area contributed by atoms with E-state index in [2.05, 4.69) is 5.32 Å². The molecule has 0 aliphatic heterocycles. The molecular weight excluding hydrogens is 269 g/mol. The largest absolute Gasteiger partial charge is 1.00 e. The summed E-state index contributed by atoms with van der Waals surface area (Å²) in [7, 11) is -4.06. The molecule has 18 heavy (non-hydrogen) atoms. The molecule has 8 heteroatoms. The summed E-state index contributed by atoms with van der Waals surface area (Å²) in [6, 6.07) is 9.07. The summed E-state index contributed by atoms with van der Waals surface area (Å²) in [5.41, 5.74) is 0.831. The van der Waals surface area contributed by atoms with Gasteiger partial charge in [0.25, 0.3) is 10.1 Å². The molecule has 1 rings (SSSR count). The number of hydrogen-bond acceptors (Lipinski definition) is 4. The van der Waals surface area contributed by atoms with E-state index < -0.39 is 22.0 Å². The minimum absolute atomic E-state index is 0. The first-order chi connectivity index (χ1) is 7.97. The Morgan fingerprint density at radius 3 is 2.44 bits per heavy atom. The van der Waals surface area contributed by atoms with Crippen molar-refractivity contribution in [1.82, 2.24) is 5.32 Å². The molecule has 0 fully saturated rings. The summed E-state index contributed by atoms with van der Waals surface area (Å²) in [4.78, 5) is 11.1. The molecule has 0 spiro atoms. The quantitative estimate of drug-likeness (QED) is 0.472. The van der Waals surface area contributed by atoms with E-state index in [4.69, 9.17) is 9.29 Å². The zero-order chi connectivity index (χ0) is 12.7. The fraction of sp³-hybridized carbons (Fsp3) is 0.300. The number of alkyl carbamates (subject to hydrolysis) is 1. The standard InChI is InChI=1S/C10H13NO5S.Na/c12-10(11-6-7-17(13,14)15)16-8-9-4-2-1-3-5-9;/h1-5H,6-8H2,(H,11,12)(H,13,14,15);/q;+1. The number of amides is 1. The van der Waals surface area contributed by atoms with E-state index >= 15 is 0 Å². The minimum Gasteiger partial charge on any atom is -0.445 e. The number of hydrogen-bond donors (Lipinski definition) is 2. The minimum atomic E-state index is -4.06. The average Bonchev–Trinajstić information content (AvgIpc) is 2.26. The van der Waals surface area contributed by atoms with Crippen molar-refractivity contribution in [2.24, 2.45) is 0 Å². The number of benzene rings is 1.